The van der Waals surface area contributed by atoms with E-state index in [9.17, 15) is 0 Å². The lowest BCUT2D eigenvalue weighted by atomic mass is 10.1. The van der Waals surface area contributed by atoms with E-state index in [-0.39, 0.29) is 0 Å². The first-order valence-corrected chi connectivity index (χ1v) is 3.98. The minimum Gasteiger partial charge on any atom is -0.243 e. The number of hydrogen-bond donors (Lipinski definition) is 0. The zero-order valence-corrected chi connectivity index (χ0v) is 6.43. The third-order valence-corrected chi connectivity index (χ3v) is 1.55. The Bertz CT molecular complexity index is 112. The Balaban J connectivity index is 1.81. The minimum absolute atomic E-state index is 0.705. The standard InChI is InChI=1S/C8H14O2/c1-2-3-4-5-6-7-8-9-10-8/h7H,2-6H2,1H3. The number of allylic oxidation sites excluding steroid dienone is 1. The zero-order chi connectivity index (χ0) is 7.23. The van der Waals surface area contributed by atoms with Gasteiger partial charge in [0.25, 0.3) is 0 Å². The molecule has 1 aliphatic rings. The molecule has 0 unspecified atom stereocenters. The van der Waals surface area contributed by atoms with Gasteiger partial charge in [-0.25, -0.2) is 9.78 Å². The van der Waals surface area contributed by atoms with Gasteiger partial charge in [0.1, 0.15) is 0 Å². The summed E-state index contributed by atoms with van der Waals surface area (Å²) in [6.45, 7) is 2.21. The molecule has 0 N–H and O–H groups in total. The van der Waals surface area contributed by atoms with Gasteiger partial charge in [0.05, 0.1) is 0 Å². The Morgan fingerprint density at radius 3 is 2.60 bits per heavy atom. The third-order valence-electron chi connectivity index (χ3n) is 1.55. The van der Waals surface area contributed by atoms with E-state index in [1.807, 2.05) is 6.08 Å². The van der Waals surface area contributed by atoms with Gasteiger partial charge >= 0.3 is 5.95 Å². The summed E-state index contributed by atoms with van der Waals surface area (Å²) in [7, 11) is 0. The highest BCUT2D eigenvalue weighted by atomic mass is 17.4. The largest absolute Gasteiger partial charge is 0.375 e. The molecule has 0 atom stereocenters. The molecule has 1 aliphatic heterocycles. The molecular formula is C8H14O2. The molecule has 0 aromatic carbocycles. The second kappa shape index (κ2) is 4.20. The van der Waals surface area contributed by atoms with Gasteiger partial charge in [-0.2, -0.15) is 0 Å². The van der Waals surface area contributed by atoms with Crippen molar-refractivity contribution >= 4 is 0 Å². The summed E-state index contributed by atoms with van der Waals surface area (Å²) >= 11 is 0. The Morgan fingerprint density at radius 2 is 2.00 bits per heavy atom. The van der Waals surface area contributed by atoms with Crippen molar-refractivity contribution in [2.45, 2.75) is 39.0 Å². The van der Waals surface area contributed by atoms with E-state index in [1.165, 1.54) is 25.7 Å². The second-order valence-electron chi connectivity index (χ2n) is 2.54. The van der Waals surface area contributed by atoms with Crippen LogP contribution in [-0.4, -0.2) is 0 Å². The van der Waals surface area contributed by atoms with Crippen molar-refractivity contribution in [2.75, 3.05) is 0 Å². The van der Waals surface area contributed by atoms with Crippen molar-refractivity contribution in [1.82, 2.24) is 0 Å². The van der Waals surface area contributed by atoms with Gasteiger partial charge in [0.15, 0.2) is 0 Å². The van der Waals surface area contributed by atoms with Gasteiger partial charge in [-0.05, 0) is 12.8 Å². The van der Waals surface area contributed by atoms with E-state index in [1.54, 1.807) is 0 Å². The molecule has 0 bridgehead atoms. The third kappa shape index (κ3) is 3.38. The van der Waals surface area contributed by atoms with Crippen LogP contribution in [0.2, 0.25) is 0 Å². The number of rotatable bonds is 5. The fourth-order valence-corrected chi connectivity index (χ4v) is 0.883. The predicted molar refractivity (Wildman–Crippen MR) is 39.0 cm³/mol. The Kier molecular flexibility index (Phi) is 3.13. The molecule has 1 fully saturated rings. The highest BCUT2D eigenvalue weighted by Gasteiger charge is 2.15. The van der Waals surface area contributed by atoms with Crippen LogP contribution in [-0.2, 0) is 9.78 Å². The van der Waals surface area contributed by atoms with E-state index in [4.69, 9.17) is 0 Å². The van der Waals surface area contributed by atoms with Crippen LogP contribution in [0.4, 0.5) is 0 Å². The van der Waals surface area contributed by atoms with Crippen LogP contribution in [0.15, 0.2) is 12.0 Å². The minimum atomic E-state index is 0.705. The van der Waals surface area contributed by atoms with Crippen molar-refractivity contribution in [3.05, 3.63) is 12.0 Å². The molecule has 0 aliphatic carbocycles. The van der Waals surface area contributed by atoms with E-state index in [2.05, 4.69) is 16.7 Å². The molecule has 0 saturated carbocycles. The summed E-state index contributed by atoms with van der Waals surface area (Å²) in [6, 6.07) is 0. The summed E-state index contributed by atoms with van der Waals surface area (Å²) in [5.74, 6) is 0.705. The van der Waals surface area contributed by atoms with E-state index in [0.717, 1.165) is 6.42 Å². The van der Waals surface area contributed by atoms with Crippen LogP contribution in [0.25, 0.3) is 0 Å². The normalized spacial score (nSPS) is 13.9. The average molecular weight is 142 g/mol. The fourth-order valence-electron chi connectivity index (χ4n) is 0.883. The maximum Gasteiger partial charge on any atom is 0.375 e. The lowest BCUT2D eigenvalue weighted by Crippen LogP contribution is -1.73. The maximum absolute atomic E-state index is 4.48. The van der Waals surface area contributed by atoms with Crippen molar-refractivity contribution in [2.24, 2.45) is 0 Å². The molecule has 10 heavy (non-hydrogen) atoms. The highest BCUT2D eigenvalue weighted by Crippen LogP contribution is 2.18. The summed E-state index contributed by atoms with van der Waals surface area (Å²) in [6.07, 6.45) is 8.30. The number of unbranched alkanes of at least 4 members (excludes halogenated alkanes) is 4. The molecule has 0 amide bonds. The Morgan fingerprint density at radius 1 is 1.20 bits per heavy atom. The van der Waals surface area contributed by atoms with Gasteiger partial charge in [0.2, 0.25) is 0 Å². The summed E-state index contributed by atoms with van der Waals surface area (Å²) in [4.78, 5) is 8.95. The van der Waals surface area contributed by atoms with Crippen molar-refractivity contribution in [3.8, 4) is 0 Å². The van der Waals surface area contributed by atoms with Crippen molar-refractivity contribution < 1.29 is 9.78 Å². The molecular weight excluding hydrogens is 128 g/mol. The SMILES string of the molecule is CCCCCCC=C1OO1. The molecule has 0 spiro atoms. The van der Waals surface area contributed by atoms with Gasteiger partial charge in [0, 0.05) is 6.08 Å². The van der Waals surface area contributed by atoms with Gasteiger partial charge in [-0.1, -0.05) is 26.2 Å². The molecule has 1 saturated heterocycles. The smallest absolute Gasteiger partial charge is 0.243 e. The van der Waals surface area contributed by atoms with Gasteiger partial charge < -0.3 is 0 Å². The second-order valence-corrected chi connectivity index (χ2v) is 2.54. The van der Waals surface area contributed by atoms with Gasteiger partial charge in [-0.3, -0.25) is 0 Å². The summed E-state index contributed by atoms with van der Waals surface area (Å²) < 4.78 is 0. The Hall–Kier alpha value is -0.660. The van der Waals surface area contributed by atoms with Crippen LogP contribution < -0.4 is 0 Å². The molecule has 0 radical (unpaired) electrons. The molecule has 1 heterocycles. The zero-order valence-electron chi connectivity index (χ0n) is 6.43. The van der Waals surface area contributed by atoms with Crippen molar-refractivity contribution in [1.29, 1.82) is 0 Å². The van der Waals surface area contributed by atoms with Crippen LogP contribution >= 0.6 is 0 Å². The molecule has 0 aromatic rings. The van der Waals surface area contributed by atoms with E-state index in [0.29, 0.717) is 5.95 Å². The summed E-state index contributed by atoms with van der Waals surface area (Å²) in [5, 5.41) is 0. The quantitative estimate of drug-likeness (QED) is 0.335. The summed E-state index contributed by atoms with van der Waals surface area (Å²) in [5.41, 5.74) is 0. The monoisotopic (exact) mass is 142 g/mol. The fraction of sp³-hybridized carbons (Fsp3) is 0.750. The molecule has 2 heteroatoms. The first-order chi connectivity index (χ1) is 4.93. The van der Waals surface area contributed by atoms with Crippen LogP contribution in [0, 0.1) is 0 Å². The molecule has 0 aromatic heterocycles. The average Bonchev–Trinajstić information content (AvgIpc) is 2.71. The first-order valence-electron chi connectivity index (χ1n) is 3.98. The van der Waals surface area contributed by atoms with Crippen molar-refractivity contribution in [3.63, 3.8) is 0 Å². The molecule has 2 nitrogen and oxygen atoms in total. The Labute approximate surface area is 61.8 Å². The molecule has 1 rings (SSSR count). The predicted octanol–water partition coefficient (Wildman–Crippen LogP) is 2.76. The molecule has 58 valence electrons. The maximum atomic E-state index is 4.48. The highest BCUT2D eigenvalue weighted by molar-refractivity contribution is 4.86. The van der Waals surface area contributed by atoms with E-state index >= 15 is 0 Å². The topological polar surface area (TPSA) is 25.1 Å². The number of hydrogen-bond acceptors (Lipinski definition) is 2. The van der Waals surface area contributed by atoms with E-state index < -0.39 is 0 Å². The van der Waals surface area contributed by atoms with Crippen LogP contribution in [0.1, 0.15) is 39.0 Å². The van der Waals surface area contributed by atoms with Crippen LogP contribution in [0.5, 0.6) is 0 Å². The lowest BCUT2D eigenvalue weighted by Gasteiger charge is -1.91. The first kappa shape index (κ1) is 7.45. The van der Waals surface area contributed by atoms with Gasteiger partial charge in [-0.15, -0.1) is 0 Å². The van der Waals surface area contributed by atoms with Crippen LogP contribution in [0.3, 0.4) is 0 Å². The lowest BCUT2D eigenvalue weighted by molar-refractivity contribution is 0.0850.